The smallest absolute Gasteiger partial charge is 0.325 e. The highest BCUT2D eigenvalue weighted by Crippen LogP contribution is 2.31. The van der Waals surface area contributed by atoms with E-state index in [0.717, 1.165) is 62.6 Å². The van der Waals surface area contributed by atoms with E-state index in [4.69, 9.17) is 14.5 Å². The number of aryl methyl sites for hydroxylation is 3. The van der Waals surface area contributed by atoms with E-state index in [2.05, 4.69) is 17.0 Å². The Labute approximate surface area is 215 Å². The van der Waals surface area contributed by atoms with Gasteiger partial charge in [-0.1, -0.05) is 30.3 Å². The second-order valence-electron chi connectivity index (χ2n) is 10.7. The van der Waals surface area contributed by atoms with Crippen molar-refractivity contribution in [3.05, 3.63) is 64.5 Å². The van der Waals surface area contributed by atoms with Crippen molar-refractivity contribution in [1.82, 2.24) is 9.88 Å². The molecule has 2 fully saturated rings. The van der Waals surface area contributed by atoms with Gasteiger partial charge in [-0.15, -0.1) is 0 Å². The minimum atomic E-state index is -0.802. The summed E-state index contributed by atoms with van der Waals surface area (Å²) >= 11 is 0. The molecule has 2 heterocycles. The number of carbonyl (C=O) groups is 1. The van der Waals surface area contributed by atoms with Gasteiger partial charge in [-0.25, -0.2) is 0 Å². The van der Waals surface area contributed by atoms with Crippen molar-refractivity contribution >= 4 is 5.97 Å². The van der Waals surface area contributed by atoms with E-state index in [1.54, 1.807) is 0 Å². The third-order valence-electron chi connectivity index (χ3n) is 8.07. The minimum absolute atomic E-state index is 0.0899. The average molecular weight is 493 g/mol. The van der Waals surface area contributed by atoms with Crippen LogP contribution in [0.25, 0.3) is 0 Å². The van der Waals surface area contributed by atoms with Gasteiger partial charge in [0.15, 0.2) is 0 Å². The van der Waals surface area contributed by atoms with E-state index in [-0.39, 0.29) is 6.10 Å². The minimum Gasteiger partial charge on any atom is -0.480 e. The van der Waals surface area contributed by atoms with Crippen molar-refractivity contribution in [2.45, 2.75) is 95.5 Å². The summed E-state index contributed by atoms with van der Waals surface area (Å²) in [5.74, 6) is -0.802. The first-order valence-electron chi connectivity index (χ1n) is 13.9. The third kappa shape index (κ3) is 6.34. The van der Waals surface area contributed by atoms with E-state index in [1.807, 2.05) is 24.3 Å². The fourth-order valence-electron chi connectivity index (χ4n) is 5.71. The Bertz CT molecular complexity index is 1020. The quantitative estimate of drug-likeness (QED) is 0.407. The van der Waals surface area contributed by atoms with Gasteiger partial charge >= 0.3 is 5.97 Å². The number of benzene rings is 1. The number of likely N-dealkylation sites (tertiary alicyclic amines) is 1. The van der Waals surface area contributed by atoms with Crippen molar-refractivity contribution in [3.63, 3.8) is 0 Å². The molecule has 1 saturated heterocycles. The molecule has 194 valence electrons. The standard InChI is InChI=1S/C30H40N2O4/c33-30(34)29(27-13-3-1-9-23(27)21-36-25-11-7-12-25)32-18-17-26(20-32)35-19-6-5-10-24-16-15-22-8-2-4-14-28(22)31-24/h1,3,9,13,15-16,25-26,29H,2,4-8,10-12,14,17-21H2,(H,33,34)/t26-,29+/m1/s1. The molecule has 5 rings (SSSR count). The summed E-state index contributed by atoms with van der Waals surface area (Å²) < 4.78 is 12.2. The first kappa shape index (κ1) is 25.4. The number of pyridine rings is 1. The van der Waals surface area contributed by atoms with Crippen molar-refractivity contribution in [2.24, 2.45) is 0 Å². The number of carboxylic acids is 1. The average Bonchev–Trinajstić information content (AvgIpc) is 3.32. The van der Waals surface area contributed by atoms with Gasteiger partial charge in [0.25, 0.3) is 0 Å². The summed E-state index contributed by atoms with van der Waals surface area (Å²) in [5, 5.41) is 10.1. The van der Waals surface area contributed by atoms with Gasteiger partial charge in [0.2, 0.25) is 0 Å². The zero-order valence-electron chi connectivity index (χ0n) is 21.4. The van der Waals surface area contributed by atoms with E-state index in [1.165, 1.54) is 42.6 Å². The number of aromatic nitrogens is 1. The van der Waals surface area contributed by atoms with E-state index < -0.39 is 12.0 Å². The molecule has 1 N–H and O–H groups in total. The fraction of sp³-hybridized carbons (Fsp3) is 0.600. The molecule has 0 radical (unpaired) electrons. The number of hydrogen-bond donors (Lipinski definition) is 1. The molecule has 0 bridgehead atoms. The lowest BCUT2D eigenvalue weighted by Gasteiger charge is -2.28. The Morgan fingerprint density at radius 1 is 1.00 bits per heavy atom. The first-order chi connectivity index (χ1) is 17.7. The van der Waals surface area contributed by atoms with Gasteiger partial charge < -0.3 is 14.6 Å². The summed E-state index contributed by atoms with van der Waals surface area (Å²) in [6.45, 7) is 2.59. The molecule has 1 aromatic carbocycles. The molecule has 1 aromatic heterocycles. The van der Waals surface area contributed by atoms with E-state index in [9.17, 15) is 9.90 Å². The predicted molar refractivity (Wildman–Crippen MR) is 139 cm³/mol. The van der Waals surface area contributed by atoms with Crippen LogP contribution >= 0.6 is 0 Å². The number of rotatable bonds is 12. The summed E-state index contributed by atoms with van der Waals surface area (Å²) in [5.41, 5.74) is 5.78. The predicted octanol–water partition coefficient (Wildman–Crippen LogP) is 5.27. The molecule has 0 amide bonds. The Morgan fingerprint density at radius 3 is 2.69 bits per heavy atom. The van der Waals surface area contributed by atoms with Crippen molar-refractivity contribution in [2.75, 3.05) is 19.7 Å². The molecule has 3 aliphatic rings. The highest BCUT2D eigenvalue weighted by Gasteiger charge is 2.35. The lowest BCUT2D eigenvalue weighted by atomic mass is 9.95. The molecule has 6 nitrogen and oxygen atoms in total. The zero-order valence-corrected chi connectivity index (χ0v) is 21.4. The molecule has 2 atom stereocenters. The maximum absolute atomic E-state index is 12.3. The molecule has 2 aromatic rings. The fourth-order valence-corrected chi connectivity index (χ4v) is 5.71. The van der Waals surface area contributed by atoms with Crippen LogP contribution in [0.3, 0.4) is 0 Å². The molecular formula is C30H40N2O4. The number of carboxylic acid groups (broad SMARTS) is 1. The molecule has 0 spiro atoms. The van der Waals surface area contributed by atoms with E-state index >= 15 is 0 Å². The number of unbranched alkanes of at least 4 members (excludes halogenated alkanes) is 1. The van der Waals surface area contributed by atoms with Gasteiger partial charge in [0, 0.05) is 31.1 Å². The number of nitrogens with zero attached hydrogens (tertiary/aromatic N) is 2. The maximum Gasteiger partial charge on any atom is 0.325 e. The van der Waals surface area contributed by atoms with Crippen molar-refractivity contribution in [1.29, 1.82) is 0 Å². The number of aliphatic carboxylic acids is 1. The Morgan fingerprint density at radius 2 is 1.86 bits per heavy atom. The maximum atomic E-state index is 12.3. The monoisotopic (exact) mass is 492 g/mol. The SMILES string of the molecule is O=C(O)[C@H](c1ccccc1COC1CCC1)N1CC[C@@H](OCCCCc2ccc3c(n2)CCCC3)C1. The summed E-state index contributed by atoms with van der Waals surface area (Å²) in [6.07, 6.45) is 12.6. The normalized spacial score (nSPS) is 21.2. The molecule has 1 saturated carbocycles. The van der Waals surface area contributed by atoms with Crippen molar-refractivity contribution < 1.29 is 19.4 Å². The van der Waals surface area contributed by atoms with E-state index in [0.29, 0.717) is 25.9 Å². The third-order valence-corrected chi connectivity index (χ3v) is 8.07. The van der Waals surface area contributed by atoms with Gasteiger partial charge in [0.1, 0.15) is 6.04 Å². The Balaban J connectivity index is 1.08. The Hall–Kier alpha value is -2.28. The first-order valence-corrected chi connectivity index (χ1v) is 13.9. The molecule has 36 heavy (non-hydrogen) atoms. The van der Waals surface area contributed by atoms with Crippen LogP contribution in [-0.4, -0.2) is 52.9 Å². The Kier molecular flexibility index (Phi) is 8.67. The lowest BCUT2D eigenvalue weighted by Crippen LogP contribution is -2.34. The van der Waals surface area contributed by atoms with Gasteiger partial charge in [-0.3, -0.25) is 14.7 Å². The van der Waals surface area contributed by atoms with Crippen LogP contribution in [0.1, 0.15) is 85.5 Å². The van der Waals surface area contributed by atoms with Gasteiger partial charge in [-0.2, -0.15) is 0 Å². The summed E-state index contributed by atoms with van der Waals surface area (Å²) in [7, 11) is 0. The van der Waals surface area contributed by atoms with Crippen LogP contribution in [0.4, 0.5) is 0 Å². The highest BCUT2D eigenvalue weighted by molar-refractivity contribution is 5.76. The number of hydrogen-bond acceptors (Lipinski definition) is 5. The summed E-state index contributed by atoms with van der Waals surface area (Å²) in [6, 6.07) is 11.7. The topological polar surface area (TPSA) is 71.9 Å². The number of ether oxygens (including phenoxy) is 2. The van der Waals surface area contributed by atoms with Crippen LogP contribution in [0.5, 0.6) is 0 Å². The molecule has 6 heteroatoms. The van der Waals surface area contributed by atoms with Gasteiger partial charge in [0.05, 0.1) is 18.8 Å². The molecular weight excluding hydrogens is 452 g/mol. The largest absolute Gasteiger partial charge is 0.480 e. The molecule has 1 aliphatic heterocycles. The zero-order chi connectivity index (χ0) is 24.7. The van der Waals surface area contributed by atoms with Crippen molar-refractivity contribution in [3.8, 4) is 0 Å². The number of fused-ring (bicyclic) bond motifs is 1. The second kappa shape index (κ2) is 12.3. The van der Waals surface area contributed by atoms with Crippen LogP contribution in [0.15, 0.2) is 36.4 Å². The lowest BCUT2D eigenvalue weighted by molar-refractivity contribution is -0.143. The van der Waals surface area contributed by atoms with Crippen LogP contribution in [0, 0.1) is 0 Å². The summed E-state index contributed by atoms with van der Waals surface area (Å²) in [4.78, 5) is 19.3. The van der Waals surface area contributed by atoms with Crippen LogP contribution in [0.2, 0.25) is 0 Å². The molecule has 0 unspecified atom stereocenters. The second-order valence-corrected chi connectivity index (χ2v) is 10.7. The van der Waals surface area contributed by atoms with Gasteiger partial charge in [-0.05, 0) is 93.4 Å². The van der Waals surface area contributed by atoms with Crippen LogP contribution in [-0.2, 0) is 40.1 Å². The molecule has 2 aliphatic carbocycles. The highest BCUT2D eigenvalue weighted by atomic mass is 16.5. The van der Waals surface area contributed by atoms with Crippen LogP contribution < -0.4 is 0 Å².